The summed E-state index contributed by atoms with van der Waals surface area (Å²) in [7, 11) is 0. The minimum atomic E-state index is 0.0652. The van der Waals surface area contributed by atoms with E-state index in [-0.39, 0.29) is 11.9 Å². The van der Waals surface area contributed by atoms with Crippen LogP contribution in [0.15, 0.2) is 24.3 Å². The van der Waals surface area contributed by atoms with Crippen LogP contribution in [0.3, 0.4) is 0 Å². The number of carbonyl (C=O) groups excluding carboxylic acids is 1. The smallest absolute Gasteiger partial charge is 0.221 e. The first kappa shape index (κ1) is 17.4. The number of hydrogen-bond acceptors (Lipinski definition) is 5. The highest BCUT2D eigenvalue weighted by atomic mass is 16.5. The number of benzene rings is 1. The van der Waals surface area contributed by atoms with E-state index in [2.05, 4.69) is 39.8 Å². The summed E-state index contributed by atoms with van der Waals surface area (Å²) in [6.45, 7) is 7.35. The second kappa shape index (κ2) is 9.13. The molecule has 0 aliphatic carbocycles. The van der Waals surface area contributed by atoms with Gasteiger partial charge in [0.1, 0.15) is 0 Å². The Balaban J connectivity index is 1.39. The van der Waals surface area contributed by atoms with Crippen molar-refractivity contribution < 1.29 is 14.3 Å². The van der Waals surface area contributed by atoms with Crippen LogP contribution in [0.1, 0.15) is 17.5 Å². The number of ether oxygens (including phenoxy) is 2. The van der Waals surface area contributed by atoms with Gasteiger partial charge >= 0.3 is 0 Å². The highest BCUT2D eigenvalue weighted by Crippen LogP contribution is 2.09. The van der Waals surface area contributed by atoms with Crippen LogP contribution in [-0.4, -0.2) is 62.9 Å². The molecule has 1 atom stereocenters. The molecule has 2 heterocycles. The zero-order valence-corrected chi connectivity index (χ0v) is 14.1. The van der Waals surface area contributed by atoms with Crippen molar-refractivity contribution in [2.45, 2.75) is 25.6 Å². The van der Waals surface area contributed by atoms with Crippen LogP contribution in [-0.2, 0) is 27.4 Å². The quantitative estimate of drug-likeness (QED) is 0.794. The molecular formula is C18H27N3O3. The molecule has 2 saturated heterocycles. The summed E-state index contributed by atoms with van der Waals surface area (Å²) in [6, 6.07) is 8.62. The molecule has 6 nitrogen and oxygen atoms in total. The highest BCUT2D eigenvalue weighted by Gasteiger charge is 2.16. The second-order valence-corrected chi connectivity index (χ2v) is 6.41. The number of hydrogen-bond donors (Lipinski definition) is 2. The standard InChI is InChI=1S/C18H27N3O3/c22-18(11-17-14-24-8-5-19-17)20-12-15-1-3-16(4-2-15)13-21-6-9-23-10-7-21/h1-4,17,19H,5-14H2,(H,20,22). The molecule has 24 heavy (non-hydrogen) atoms. The molecule has 0 bridgehead atoms. The Kier molecular flexibility index (Phi) is 6.60. The van der Waals surface area contributed by atoms with Gasteiger partial charge in [0, 0.05) is 45.2 Å². The maximum absolute atomic E-state index is 12.0. The van der Waals surface area contributed by atoms with Crippen LogP contribution in [0.2, 0.25) is 0 Å². The summed E-state index contributed by atoms with van der Waals surface area (Å²) >= 11 is 0. The summed E-state index contributed by atoms with van der Waals surface area (Å²) in [5.74, 6) is 0.0652. The van der Waals surface area contributed by atoms with Gasteiger partial charge in [0.2, 0.25) is 5.91 Å². The highest BCUT2D eigenvalue weighted by molar-refractivity contribution is 5.76. The summed E-state index contributed by atoms with van der Waals surface area (Å²) in [6.07, 6.45) is 0.467. The number of morpholine rings is 2. The number of nitrogens with zero attached hydrogens (tertiary/aromatic N) is 1. The summed E-state index contributed by atoms with van der Waals surface area (Å²) < 4.78 is 10.7. The van der Waals surface area contributed by atoms with E-state index < -0.39 is 0 Å². The van der Waals surface area contributed by atoms with Crippen molar-refractivity contribution in [3.8, 4) is 0 Å². The second-order valence-electron chi connectivity index (χ2n) is 6.41. The number of amides is 1. The lowest BCUT2D eigenvalue weighted by atomic mass is 10.1. The third-order valence-corrected chi connectivity index (χ3v) is 4.45. The SMILES string of the molecule is O=C(CC1COCCN1)NCc1ccc(CN2CCOCC2)cc1. The van der Waals surface area contributed by atoms with Gasteiger partial charge < -0.3 is 20.1 Å². The molecule has 1 unspecified atom stereocenters. The Morgan fingerprint density at radius 3 is 2.58 bits per heavy atom. The van der Waals surface area contributed by atoms with E-state index in [9.17, 15) is 4.79 Å². The lowest BCUT2D eigenvalue weighted by Crippen LogP contribution is -2.44. The normalized spacial score (nSPS) is 22.2. The number of carbonyl (C=O) groups is 1. The Bertz CT molecular complexity index is 509. The van der Waals surface area contributed by atoms with Crippen molar-refractivity contribution in [1.82, 2.24) is 15.5 Å². The molecule has 2 aliphatic rings. The minimum Gasteiger partial charge on any atom is -0.379 e. The third-order valence-electron chi connectivity index (χ3n) is 4.45. The van der Waals surface area contributed by atoms with Crippen molar-refractivity contribution >= 4 is 5.91 Å². The molecule has 2 aliphatic heterocycles. The molecule has 132 valence electrons. The Labute approximate surface area is 143 Å². The molecule has 2 fully saturated rings. The average molecular weight is 333 g/mol. The lowest BCUT2D eigenvalue weighted by Gasteiger charge is -2.26. The van der Waals surface area contributed by atoms with E-state index in [1.807, 2.05) is 0 Å². The molecule has 2 N–H and O–H groups in total. The number of rotatable bonds is 6. The predicted molar refractivity (Wildman–Crippen MR) is 91.6 cm³/mol. The van der Waals surface area contributed by atoms with Crippen LogP contribution < -0.4 is 10.6 Å². The van der Waals surface area contributed by atoms with Crippen LogP contribution in [0, 0.1) is 0 Å². The maximum Gasteiger partial charge on any atom is 0.221 e. The Morgan fingerprint density at radius 2 is 1.88 bits per heavy atom. The molecular weight excluding hydrogens is 306 g/mol. The summed E-state index contributed by atoms with van der Waals surface area (Å²) in [4.78, 5) is 14.4. The lowest BCUT2D eigenvalue weighted by molar-refractivity contribution is -0.122. The molecule has 1 amide bonds. The fraction of sp³-hybridized carbons (Fsp3) is 0.611. The molecule has 3 rings (SSSR count). The molecule has 0 aromatic heterocycles. The summed E-state index contributed by atoms with van der Waals surface area (Å²) in [5.41, 5.74) is 2.43. The van der Waals surface area contributed by atoms with Gasteiger partial charge in [0.05, 0.1) is 26.4 Å². The van der Waals surface area contributed by atoms with E-state index >= 15 is 0 Å². The zero-order chi connectivity index (χ0) is 16.6. The maximum atomic E-state index is 12.0. The molecule has 0 spiro atoms. The van der Waals surface area contributed by atoms with Crippen molar-refractivity contribution in [3.63, 3.8) is 0 Å². The van der Waals surface area contributed by atoms with E-state index in [0.717, 1.165) is 51.6 Å². The molecule has 1 aromatic rings. The first-order valence-electron chi connectivity index (χ1n) is 8.75. The fourth-order valence-electron chi connectivity index (χ4n) is 3.03. The molecule has 0 radical (unpaired) electrons. The van der Waals surface area contributed by atoms with Gasteiger partial charge in [-0.15, -0.1) is 0 Å². The zero-order valence-electron chi connectivity index (χ0n) is 14.1. The van der Waals surface area contributed by atoms with E-state index in [1.54, 1.807) is 0 Å². The summed E-state index contributed by atoms with van der Waals surface area (Å²) in [5, 5.41) is 6.28. The van der Waals surface area contributed by atoms with Crippen molar-refractivity contribution in [2.24, 2.45) is 0 Å². The van der Waals surface area contributed by atoms with Crippen molar-refractivity contribution in [3.05, 3.63) is 35.4 Å². The van der Waals surface area contributed by atoms with Gasteiger partial charge in [0.15, 0.2) is 0 Å². The van der Waals surface area contributed by atoms with E-state index in [1.165, 1.54) is 5.56 Å². The third kappa shape index (κ3) is 5.56. The van der Waals surface area contributed by atoms with Crippen LogP contribution >= 0.6 is 0 Å². The van der Waals surface area contributed by atoms with Gasteiger partial charge in [-0.25, -0.2) is 0 Å². The molecule has 1 aromatic carbocycles. The van der Waals surface area contributed by atoms with E-state index in [4.69, 9.17) is 9.47 Å². The van der Waals surface area contributed by atoms with Gasteiger partial charge in [-0.3, -0.25) is 9.69 Å². The topological polar surface area (TPSA) is 62.8 Å². The Hall–Kier alpha value is -1.47. The monoisotopic (exact) mass is 333 g/mol. The van der Waals surface area contributed by atoms with Gasteiger partial charge in [-0.1, -0.05) is 24.3 Å². The van der Waals surface area contributed by atoms with Crippen LogP contribution in [0.4, 0.5) is 0 Å². The number of nitrogens with one attached hydrogen (secondary N) is 2. The molecule has 0 saturated carbocycles. The van der Waals surface area contributed by atoms with Crippen LogP contribution in [0.5, 0.6) is 0 Å². The van der Waals surface area contributed by atoms with E-state index in [0.29, 0.717) is 19.6 Å². The Morgan fingerprint density at radius 1 is 1.12 bits per heavy atom. The first-order valence-corrected chi connectivity index (χ1v) is 8.75. The predicted octanol–water partition coefficient (Wildman–Crippen LogP) is 0.514. The van der Waals surface area contributed by atoms with Gasteiger partial charge in [-0.05, 0) is 11.1 Å². The largest absolute Gasteiger partial charge is 0.379 e. The first-order chi connectivity index (χ1) is 11.8. The van der Waals surface area contributed by atoms with Gasteiger partial charge in [-0.2, -0.15) is 0 Å². The average Bonchev–Trinajstić information content (AvgIpc) is 2.63. The van der Waals surface area contributed by atoms with Crippen LogP contribution in [0.25, 0.3) is 0 Å². The van der Waals surface area contributed by atoms with Crippen molar-refractivity contribution in [1.29, 1.82) is 0 Å². The van der Waals surface area contributed by atoms with Crippen molar-refractivity contribution in [2.75, 3.05) is 46.1 Å². The minimum absolute atomic E-state index is 0.0652. The molecule has 6 heteroatoms. The van der Waals surface area contributed by atoms with Gasteiger partial charge in [0.25, 0.3) is 0 Å². The fourth-order valence-corrected chi connectivity index (χ4v) is 3.03.